The molecule has 0 aliphatic heterocycles. The molecule has 0 fully saturated rings. The number of aromatic amines is 1. The molecule has 4 rings (SSSR count). The highest BCUT2D eigenvalue weighted by atomic mass is 32.2. The number of methoxy groups -OCH3 is 2. The van der Waals surface area contributed by atoms with E-state index in [1.54, 1.807) is 25.3 Å². The van der Waals surface area contributed by atoms with E-state index in [-0.39, 0.29) is 11.7 Å². The number of rotatable bonds is 7. The van der Waals surface area contributed by atoms with Crippen LogP contribution in [0.25, 0.3) is 22.4 Å². The Hall–Kier alpha value is -3.46. The van der Waals surface area contributed by atoms with Gasteiger partial charge in [-0.05, 0) is 18.2 Å². The Morgan fingerprint density at radius 1 is 1.17 bits per heavy atom. The first-order valence-corrected chi connectivity index (χ1v) is 9.71. The number of carbonyl (C=O) groups is 1. The summed E-state index contributed by atoms with van der Waals surface area (Å²) in [5.74, 6) is 1.46. The van der Waals surface area contributed by atoms with Gasteiger partial charge in [0.05, 0.1) is 31.2 Å². The van der Waals surface area contributed by atoms with Gasteiger partial charge in [-0.25, -0.2) is 0 Å². The van der Waals surface area contributed by atoms with E-state index >= 15 is 0 Å². The maximum atomic E-state index is 12.3. The lowest BCUT2D eigenvalue weighted by Crippen LogP contribution is -2.14. The van der Waals surface area contributed by atoms with Gasteiger partial charge in [-0.15, -0.1) is 10.2 Å². The molecule has 148 valence electrons. The zero-order valence-electron chi connectivity index (χ0n) is 15.8. The molecule has 0 saturated carbocycles. The Labute approximate surface area is 170 Å². The number of para-hydroxylation sites is 1. The van der Waals surface area contributed by atoms with Crippen LogP contribution in [0.4, 0.5) is 5.69 Å². The van der Waals surface area contributed by atoms with Gasteiger partial charge in [-0.2, -0.15) is 0 Å². The van der Waals surface area contributed by atoms with E-state index in [4.69, 9.17) is 13.9 Å². The predicted octanol–water partition coefficient (Wildman–Crippen LogP) is 3.97. The minimum Gasteiger partial charge on any atom is -0.497 e. The maximum Gasteiger partial charge on any atom is 0.277 e. The van der Waals surface area contributed by atoms with Crippen molar-refractivity contribution in [2.45, 2.75) is 5.22 Å². The SMILES string of the molecule is COc1ccc(NC(=O)CSc2nnc(-c3c[nH]c4ccccc34)o2)c(OC)c1. The van der Waals surface area contributed by atoms with Crippen molar-refractivity contribution in [1.82, 2.24) is 15.2 Å². The number of carbonyl (C=O) groups excluding carboxylic acids is 1. The lowest BCUT2D eigenvalue weighted by atomic mass is 10.2. The van der Waals surface area contributed by atoms with Crippen molar-refractivity contribution in [2.75, 3.05) is 25.3 Å². The van der Waals surface area contributed by atoms with E-state index in [2.05, 4.69) is 20.5 Å². The number of nitrogens with one attached hydrogen (secondary N) is 2. The first kappa shape index (κ1) is 18.9. The average Bonchev–Trinajstić information content (AvgIpc) is 3.39. The number of thioether (sulfide) groups is 1. The topological polar surface area (TPSA) is 102 Å². The number of hydrogen-bond acceptors (Lipinski definition) is 7. The molecule has 0 unspecified atom stereocenters. The van der Waals surface area contributed by atoms with Crippen molar-refractivity contribution in [3.63, 3.8) is 0 Å². The summed E-state index contributed by atoms with van der Waals surface area (Å²) in [5, 5.41) is 12.2. The summed E-state index contributed by atoms with van der Waals surface area (Å²) < 4.78 is 16.2. The monoisotopic (exact) mass is 410 g/mol. The second kappa shape index (κ2) is 8.27. The number of fused-ring (bicyclic) bond motifs is 1. The van der Waals surface area contributed by atoms with Crippen LogP contribution in [0.15, 0.2) is 58.3 Å². The third-order valence-electron chi connectivity index (χ3n) is 4.24. The Kier molecular flexibility index (Phi) is 5.39. The zero-order chi connectivity index (χ0) is 20.2. The fraction of sp³-hybridized carbons (Fsp3) is 0.150. The van der Waals surface area contributed by atoms with E-state index in [1.807, 2.05) is 30.5 Å². The molecule has 2 aromatic carbocycles. The molecule has 0 aliphatic carbocycles. The fourth-order valence-corrected chi connectivity index (χ4v) is 3.40. The summed E-state index contributed by atoms with van der Waals surface area (Å²) in [4.78, 5) is 15.5. The van der Waals surface area contributed by atoms with E-state index < -0.39 is 0 Å². The summed E-state index contributed by atoms with van der Waals surface area (Å²) >= 11 is 1.16. The van der Waals surface area contributed by atoms with Gasteiger partial charge in [0.2, 0.25) is 5.91 Å². The van der Waals surface area contributed by atoms with Crippen LogP contribution in [0.3, 0.4) is 0 Å². The third-order valence-corrected chi connectivity index (χ3v) is 5.05. The highest BCUT2D eigenvalue weighted by molar-refractivity contribution is 7.99. The molecule has 0 bridgehead atoms. The van der Waals surface area contributed by atoms with Crippen LogP contribution in [0.5, 0.6) is 11.5 Å². The molecular weight excluding hydrogens is 392 g/mol. The van der Waals surface area contributed by atoms with Gasteiger partial charge in [0.15, 0.2) is 0 Å². The van der Waals surface area contributed by atoms with Gasteiger partial charge < -0.3 is 24.2 Å². The molecule has 0 aliphatic rings. The molecule has 0 atom stereocenters. The van der Waals surface area contributed by atoms with Gasteiger partial charge in [0, 0.05) is 23.2 Å². The largest absolute Gasteiger partial charge is 0.497 e. The van der Waals surface area contributed by atoms with Crippen LogP contribution >= 0.6 is 11.8 Å². The smallest absolute Gasteiger partial charge is 0.277 e. The standard InChI is InChI=1S/C20H18N4O4S/c1-26-12-7-8-16(17(9-12)27-2)22-18(25)11-29-20-24-23-19(28-20)14-10-21-15-6-4-3-5-13(14)15/h3-10,21H,11H2,1-2H3,(H,22,25). The summed E-state index contributed by atoms with van der Waals surface area (Å²) in [5.41, 5.74) is 2.37. The number of benzene rings is 2. The molecule has 29 heavy (non-hydrogen) atoms. The molecule has 0 radical (unpaired) electrons. The summed E-state index contributed by atoms with van der Waals surface area (Å²) in [6, 6.07) is 13.0. The van der Waals surface area contributed by atoms with Crippen LogP contribution in [0.2, 0.25) is 0 Å². The molecule has 8 nitrogen and oxygen atoms in total. The van der Waals surface area contributed by atoms with Crippen molar-refractivity contribution in [2.24, 2.45) is 0 Å². The first-order valence-electron chi connectivity index (χ1n) is 8.72. The number of hydrogen-bond donors (Lipinski definition) is 2. The van der Waals surface area contributed by atoms with Gasteiger partial charge >= 0.3 is 0 Å². The molecule has 9 heteroatoms. The number of ether oxygens (including phenoxy) is 2. The second-order valence-corrected chi connectivity index (χ2v) is 6.95. The molecule has 0 saturated heterocycles. The molecular formula is C20H18N4O4S. The molecule has 4 aromatic rings. The number of H-pyrrole nitrogens is 1. The van der Waals surface area contributed by atoms with E-state index in [0.717, 1.165) is 28.2 Å². The van der Waals surface area contributed by atoms with Gasteiger partial charge in [-0.3, -0.25) is 4.79 Å². The normalized spacial score (nSPS) is 10.8. The van der Waals surface area contributed by atoms with E-state index in [1.165, 1.54) is 7.11 Å². The van der Waals surface area contributed by atoms with Crippen molar-refractivity contribution < 1.29 is 18.7 Å². The van der Waals surface area contributed by atoms with Gasteiger partial charge in [0.25, 0.3) is 11.1 Å². The van der Waals surface area contributed by atoms with Crippen LogP contribution in [0.1, 0.15) is 0 Å². The Morgan fingerprint density at radius 3 is 2.86 bits per heavy atom. The fourth-order valence-electron chi connectivity index (χ4n) is 2.84. The summed E-state index contributed by atoms with van der Waals surface area (Å²) in [6.07, 6.45) is 1.83. The number of aromatic nitrogens is 3. The second-order valence-electron chi connectivity index (χ2n) is 6.02. The molecule has 2 heterocycles. The Morgan fingerprint density at radius 2 is 2.03 bits per heavy atom. The van der Waals surface area contributed by atoms with Crippen molar-refractivity contribution in [3.8, 4) is 23.0 Å². The lowest BCUT2D eigenvalue weighted by Gasteiger charge is -2.11. The third kappa shape index (κ3) is 4.04. The number of amides is 1. The average molecular weight is 410 g/mol. The van der Waals surface area contributed by atoms with E-state index in [9.17, 15) is 4.79 Å². The number of anilines is 1. The highest BCUT2D eigenvalue weighted by Gasteiger charge is 2.15. The maximum absolute atomic E-state index is 12.3. The van der Waals surface area contributed by atoms with Crippen molar-refractivity contribution in [1.29, 1.82) is 0 Å². The highest BCUT2D eigenvalue weighted by Crippen LogP contribution is 2.31. The Balaban J connectivity index is 1.41. The quantitative estimate of drug-likeness (QED) is 0.445. The molecule has 1 amide bonds. The first-order chi connectivity index (χ1) is 14.2. The van der Waals surface area contributed by atoms with Crippen LogP contribution in [-0.4, -0.2) is 41.1 Å². The summed E-state index contributed by atoms with van der Waals surface area (Å²) in [6.45, 7) is 0. The minimum atomic E-state index is -0.217. The van der Waals surface area contributed by atoms with Gasteiger partial charge in [0.1, 0.15) is 11.5 Å². The molecule has 2 N–H and O–H groups in total. The Bertz CT molecular complexity index is 1150. The lowest BCUT2D eigenvalue weighted by molar-refractivity contribution is -0.113. The summed E-state index contributed by atoms with van der Waals surface area (Å²) in [7, 11) is 3.10. The predicted molar refractivity (Wildman–Crippen MR) is 110 cm³/mol. The van der Waals surface area contributed by atoms with E-state index in [0.29, 0.717) is 28.3 Å². The van der Waals surface area contributed by atoms with Crippen LogP contribution < -0.4 is 14.8 Å². The van der Waals surface area contributed by atoms with Crippen LogP contribution in [0, 0.1) is 0 Å². The van der Waals surface area contributed by atoms with Crippen LogP contribution in [-0.2, 0) is 4.79 Å². The van der Waals surface area contributed by atoms with Crippen molar-refractivity contribution in [3.05, 3.63) is 48.7 Å². The van der Waals surface area contributed by atoms with Crippen molar-refractivity contribution >= 4 is 34.3 Å². The number of nitrogens with zero attached hydrogens (tertiary/aromatic N) is 2. The minimum absolute atomic E-state index is 0.116. The zero-order valence-corrected chi connectivity index (χ0v) is 16.6. The molecule has 2 aromatic heterocycles. The van der Waals surface area contributed by atoms with Gasteiger partial charge in [-0.1, -0.05) is 30.0 Å². The molecule has 0 spiro atoms.